The minimum Gasteiger partial charge on any atom is -0.496 e. The summed E-state index contributed by atoms with van der Waals surface area (Å²) in [5.41, 5.74) is 1.14. The van der Waals surface area contributed by atoms with Crippen molar-refractivity contribution in [2.45, 2.75) is 26.3 Å². The van der Waals surface area contributed by atoms with E-state index in [0.29, 0.717) is 0 Å². The van der Waals surface area contributed by atoms with Gasteiger partial charge in [-0.05, 0) is 12.5 Å². The van der Waals surface area contributed by atoms with E-state index in [-0.39, 0.29) is 0 Å². The average Bonchev–Trinajstić information content (AvgIpc) is 2.78. The second-order valence-corrected chi connectivity index (χ2v) is 3.93. The van der Waals surface area contributed by atoms with Crippen molar-refractivity contribution in [2.24, 2.45) is 0 Å². The van der Waals surface area contributed by atoms with E-state index in [0.717, 1.165) is 36.5 Å². The Morgan fingerprint density at radius 1 is 1.29 bits per heavy atom. The molecule has 4 nitrogen and oxygen atoms in total. The van der Waals surface area contributed by atoms with Crippen LogP contribution in [0.2, 0.25) is 0 Å². The van der Waals surface area contributed by atoms with Crippen LogP contribution in [-0.4, -0.2) is 21.9 Å². The van der Waals surface area contributed by atoms with Gasteiger partial charge in [0.1, 0.15) is 17.9 Å². The summed E-state index contributed by atoms with van der Waals surface area (Å²) in [5, 5.41) is 8.13. The van der Waals surface area contributed by atoms with Gasteiger partial charge in [-0.1, -0.05) is 25.1 Å². The van der Waals surface area contributed by atoms with E-state index in [2.05, 4.69) is 27.8 Å². The fraction of sp³-hybridized carbons (Fsp3) is 0.385. The van der Waals surface area contributed by atoms with Crippen molar-refractivity contribution in [1.29, 1.82) is 0 Å². The molecule has 0 aliphatic rings. The zero-order valence-electron chi connectivity index (χ0n) is 10.3. The molecular formula is C13H17N3O. The van der Waals surface area contributed by atoms with Crippen LogP contribution in [-0.2, 0) is 13.0 Å². The highest BCUT2D eigenvalue weighted by Crippen LogP contribution is 2.20. The molecule has 0 aliphatic heterocycles. The first-order chi connectivity index (χ1) is 8.35. The molecule has 2 rings (SSSR count). The molecule has 4 heteroatoms. The Morgan fingerprint density at radius 2 is 2.12 bits per heavy atom. The van der Waals surface area contributed by atoms with Crippen molar-refractivity contribution < 1.29 is 4.74 Å². The lowest BCUT2D eigenvalue weighted by molar-refractivity contribution is 0.410. The Bertz CT molecular complexity index is 479. The van der Waals surface area contributed by atoms with Crippen molar-refractivity contribution in [3.8, 4) is 5.75 Å². The molecule has 0 N–H and O–H groups in total. The summed E-state index contributed by atoms with van der Waals surface area (Å²) in [6.07, 6.45) is 3.62. The number of rotatable bonds is 5. The van der Waals surface area contributed by atoms with Crippen LogP contribution in [0.15, 0.2) is 30.6 Å². The molecule has 0 fully saturated rings. The van der Waals surface area contributed by atoms with E-state index in [1.807, 2.05) is 18.2 Å². The van der Waals surface area contributed by atoms with Gasteiger partial charge < -0.3 is 9.30 Å². The molecule has 1 heterocycles. The SMILES string of the molecule is CCCn1cnnc1Cc1ccccc1OC. The largest absolute Gasteiger partial charge is 0.496 e. The molecular weight excluding hydrogens is 214 g/mol. The van der Waals surface area contributed by atoms with E-state index in [9.17, 15) is 0 Å². The lowest BCUT2D eigenvalue weighted by Crippen LogP contribution is -2.04. The molecule has 0 aliphatic carbocycles. The maximum atomic E-state index is 5.34. The molecule has 0 saturated heterocycles. The number of methoxy groups -OCH3 is 1. The van der Waals surface area contributed by atoms with Gasteiger partial charge >= 0.3 is 0 Å². The predicted molar refractivity (Wildman–Crippen MR) is 66.1 cm³/mol. The van der Waals surface area contributed by atoms with E-state index in [4.69, 9.17) is 4.74 Å². The van der Waals surface area contributed by atoms with Gasteiger partial charge in [0.05, 0.1) is 7.11 Å². The molecule has 0 unspecified atom stereocenters. The third-order valence-corrected chi connectivity index (χ3v) is 2.70. The molecule has 90 valence electrons. The van der Waals surface area contributed by atoms with Crippen LogP contribution in [0.1, 0.15) is 24.7 Å². The van der Waals surface area contributed by atoms with Crippen molar-refractivity contribution in [3.05, 3.63) is 42.0 Å². The van der Waals surface area contributed by atoms with Crippen LogP contribution in [0.3, 0.4) is 0 Å². The standard InChI is InChI=1S/C13H17N3O/c1-3-8-16-10-14-15-13(16)9-11-6-4-5-7-12(11)17-2/h4-7,10H,3,8-9H2,1-2H3. The van der Waals surface area contributed by atoms with Crippen LogP contribution in [0, 0.1) is 0 Å². The number of ether oxygens (including phenoxy) is 1. The van der Waals surface area contributed by atoms with E-state index in [1.54, 1.807) is 13.4 Å². The number of hydrogen-bond donors (Lipinski definition) is 0. The summed E-state index contributed by atoms with van der Waals surface area (Å²) in [7, 11) is 1.69. The molecule has 0 radical (unpaired) electrons. The highest BCUT2D eigenvalue weighted by molar-refractivity contribution is 5.35. The van der Waals surface area contributed by atoms with E-state index in [1.165, 1.54) is 0 Å². The number of benzene rings is 1. The fourth-order valence-electron chi connectivity index (χ4n) is 1.86. The van der Waals surface area contributed by atoms with Gasteiger partial charge in [-0.3, -0.25) is 0 Å². The molecule has 0 saturated carbocycles. The molecule has 0 bridgehead atoms. The van der Waals surface area contributed by atoms with Gasteiger partial charge in [0.15, 0.2) is 0 Å². The highest BCUT2D eigenvalue weighted by Gasteiger charge is 2.08. The first-order valence-electron chi connectivity index (χ1n) is 5.83. The monoisotopic (exact) mass is 231 g/mol. The summed E-state index contributed by atoms with van der Waals surface area (Å²) < 4.78 is 7.43. The minimum absolute atomic E-state index is 0.754. The quantitative estimate of drug-likeness (QED) is 0.792. The first-order valence-corrected chi connectivity index (χ1v) is 5.83. The van der Waals surface area contributed by atoms with Crippen LogP contribution in [0.25, 0.3) is 0 Å². The summed E-state index contributed by atoms with van der Waals surface area (Å²) in [6, 6.07) is 8.01. The Labute approximate surface area is 101 Å². The summed E-state index contributed by atoms with van der Waals surface area (Å²) in [4.78, 5) is 0. The summed E-state index contributed by atoms with van der Waals surface area (Å²) in [6.45, 7) is 3.10. The number of hydrogen-bond acceptors (Lipinski definition) is 3. The van der Waals surface area contributed by atoms with Crippen molar-refractivity contribution in [2.75, 3.05) is 7.11 Å². The second-order valence-electron chi connectivity index (χ2n) is 3.93. The lowest BCUT2D eigenvalue weighted by Gasteiger charge is -2.08. The Kier molecular flexibility index (Phi) is 3.75. The number of aryl methyl sites for hydroxylation is 1. The van der Waals surface area contributed by atoms with Gasteiger partial charge in [-0.2, -0.15) is 0 Å². The van der Waals surface area contributed by atoms with Gasteiger partial charge in [0, 0.05) is 18.5 Å². The Balaban J connectivity index is 2.22. The molecule has 0 spiro atoms. The van der Waals surface area contributed by atoms with Gasteiger partial charge in [0.25, 0.3) is 0 Å². The van der Waals surface area contributed by atoms with Crippen LogP contribution in [0.5, 0.6) is 5.75 Å². The Hall–Kier alpha value is -1.84. The van der Waals surface area contributed by atoms with Crippen molar-refractivity contribution >= 4 is 0 Å². The average molecular weight is 231 g/mol. The molecule has 0 atom stereocenters. The predicted octanol–water partition coefficient (Wildman–Crippen LogP) is 2.29. The maximum Gasteiger partial charge on any atom is 0.137 e. The molecule has 2 aromatic rings. The second kappa shape index (κ2) is 5.48. The maximum absolute atomic E-state index is 5.34. The normalized spacial score (nSPS) is 10.5. The molecule has 1 aromatic heterocycles. The van der Waals surface area contributed by atoms with Gasteiger partial charge in [-0.25, -0.2) is 0 Å². The van der Waals surface area contributed by atoms with E-state index < -0.39 is 0 Å². The smallest absolute Gasteiger partial charge is 0.137 e. The number of nitrogens with zero attached hydrogens (tertiary/aromatic N) is 3. The van der Waals surface area contributed by atoms with E-state index >= 15 is 0 Å². The zero-order chi connectivity index (χ0) is 12.1. The van der Waals surface area contributed by atoms with Gasteiger partial charge in [0.2, 0.25) is 0 Å². The number of para-hydroxylation sites is 1. The summed E-state index contributed by atoms with van der Waals surface area (Å²) in [5.74, 6) is 1.88. The topological polar surface area (TPSA) is 39.9 Å². The zero-order valence-corrected chi connectivity index (χ0v) is 10.3. The molecule has 17 heavy (non-hydrogen) atoms. The lowest BCUT2D eigenvalue weighted by atomic mass is 10.1. The molecule has 1 aromatic carbocycles. The first kappa shape index (κ1) is 11.6. The number of aromatic nitrogens is 3. The fourth-order valence-corrected chi connectivity index (χ4v) is 1.86. The third-order valence-electron chi connectivity index (χ3n) is 2.70. The van der Waals surface area contributed by atoms with Crippen LogP contribution < -0.4 is 4.74 Å². The molecule has 0 amide bonds. The van der Waals surface area contributed by atoms with Crippen molar-refractivity contribution in [3.63, 3.8) is 0 Å². The van der Waals surface area contributed by atoms with Crippen LogP contribution >= 0.6 is 0 Å². The van der Waals surface area contributed by atoms with Gasteiger partial charge in [-0.15, -0.1) is 10.2 Å². The minimum atomic E-state index is 0.754. The van der Waals surface area contributed by atoms with Crippen molar-refractivity contribution in [1.82, 2.24) is 14.8 Å². The van der Waals surface area contributed by atoms with Crippen LogP contribution in [0.4, 0.5) is 0 Å². The highest BCUT2D eigenvalue weighted by atomic mass is 16.5. The Morgan fingerprint density at radius 3 is 2.88 bits per heavy atom. The third kappa shape index (κ3) is 2.64. The summed E-state index contributed by atoms with van der Waals surface area (Å²) >= 11 is 0.